The van der Waals surface area contributed by atoms with Gasteiger partial charge in [-0.2, -0.15) is 0 Å². The van der Waals surface area contributed by atoms with Crippen molar-refractivity contribution in [3.8, 4) is 0 Å². The first kappa shape index (κ1) is 25.9. The SMILES string of the molecule is CC(C)(C)c1cc(Br)c2ccc3c4ccc5c(C=O)ccc(C(C)(C)C)c5c4cc(C(C)(C)C)c3c2c1. The van der Waals surface area contributed by atoms with E-state index in [0.717, 1.165) is 21.7 Å². The normalized spacial score (nSPS) is 13.2. The van der Waals surface area contributed by atoms with E-state index in [2.05, 4.69) is 127 Å². The topological polar surface area (TPSA) is 17.1 Å². The standard InChI is InChI=1S/C35H37BrO/c1-33(2,3)21-16-26-24(30(36)17-21)13-14-25-23-12-11-22-20(19-37)10-15-28(34(4,5)6)31(22)27(23)18-29(32(25)26)35(7,8)9/h10-19H,1-9H3. The minimum Gasteiger partial charge on any atom is -0.298 e. The maximum Gasteiger partial charge on any atom is 0.150 e. The molecule has 0 aliphatic rings. The lowest BCUT2D eigenvalue weighted by atomic mass is 9.77. The van der Waals surface area contributed by atoms with E-state index < -0.39 is 0 Å². The molecule has 0 aliphatic heterocycles. The smallest absolute Gasteiger partial charge is 0.150 e. The molecule has 1 nitrogen and oxygen atoms in total. The predicted octanol–water partition coefficient (Wildman–Crippen LogP) is 10.8. The number of carbonyl (C=O) groups is 1. The molecule has 5 aromatic carbocycles. The Hall–Kier alpha value is -2.71. The fraction of sp³-hybridized carbons (Fsp3) is 0.343. The average Bonchev–Trinajstić information content (AvgIpc) is 2.80. The predicted molar refractivity (Wildman–Crippen MR) is 166 cm³/mol. The zero-order chi connectivity index (χ0) is 27.1. The van der Waals surface area contributed by atoms with Crippen LogP contribution in [-0.2, 0) is 16.2 Å². The van der Waals surface area contributed by atoms with Gasteiger partial charge in [-0.05, 0) is 94.2 Å². The lowest BCUT2D eigenvalue weighted by molar-refractivity contribution is 0.112. The van der Waals surface area contributed by atoms with Crippen LogP contribution in [0.5, 0.6) is 0 Å². The summed E-state index contributed by atoms with van der Waals surface area (Å²) in [5.74, 6) is 0. The second-order valence-corrected chi connectivity index (χ2v) is 14.5. The second kappa shape index (κ2) is 8.40. The van der Waals surface area contributed by atoms with Gasteiger partial charge in [-0.3, -0.25) is 4.79 Å². The number of hydrogen-bond donors (Lipinski definition) is 0. The van der Waals surface area contributed by atoms with Crippen molar-refractivity contribution < 1.29 is 4.79 Å². The Morgan fingerprint density at radius 2 is 1.08 bits per heavy atom. The van der Waals surface area contributed by atoms with E-state index >= 15 is 0 Å². The highest BCUT2D eigenvalue weighted by atomic mass is 79.9. The molecule has 37 heavy (non-hydrogen) atoms. The van der Waals surface area contributed by atoms with Gasteiger partial charge in [0.2, 0.25) is 0 Å². The molecule has 0 saturated carbocycles. The molecule has 0 bridgehead atoms. The number of benzene rings is 5. The molecule has 0 aromatic heterocycles. The summed E-state index contributed by atoms with van der Waals surface area (Å²) in [6.45, 7) is 20.5. The third-order valence-electron chi connectivity index (χ3n) is 7.80. The molecule has 0 radical (unpaired) electrons. The molecule has 5 aromatic rings. The maximum absolute atomic E-state index is 12.0. The van der Waals surface area contributed by atoms with E-state index in [9.17, 15) is 4.79 Å². The van der Waals surface area contributed by atoms with Crippen molar-refractivity contribution in [2.45, 2.75) is 78.6 Å². The molecular formula is C35H37BrO. The lowest BCUT2D eigenvalue weighted by Crippen LogP contribution is -2.14. The van der Waals surface area contributed by atoms with Gasteiger partial charge < -0.3 is 0 Å². The van der Waals surface area contributed by atoms with Gasteiger partial charge in [0.05, 0.1) is 0 Å². The van der Waals surface area contributed by atoms with Crippen LogP contribution in [0.15, 0.2) is 59.1 Å². The monoisotopic (exact) mass is 552 g/mol. The summed E-state index contributed by atoms with van der Waals surface area (Å²) in [5.41, 5.74) is 4.60. The summed E-state index contributed by atoms with van der Waals surface area (Å²) < 4.78 is 1.14. The largest absolute Gasteiger partial charge is 0.298 e. The van der Waals surface area contributed by atoms with Crippen molar-refractivity contribution in [1.82, 2.24) is 0 Å². The van der Waals surface area contributed by atoms with E-state index in [1.54, 1.807) is 0 Å². The van der Waals surface area contributed by atoms with Crippen LogP contribution >= 0.6 is 15.9 Å². The van der Waals surface area contributed by atoms with E-state index in [1.165, 1.54) is 54.4 Å². The Balaban J connectivity index is 2.10. The van der Waals surface area contributed by atoms with Crippen molar-refractivity contribution >= 4 is 65.3 Å². The van der Waals surface area contributed by atoms with Gasteiger partial charge in [0.1, 0.15) is 0 Å². The molecule has 0 heterocycles. The number of aldehydes is 1. The Bertz CT molecular complexity index is 1730. The summed E-state index contributed by atoms with van der Waals surface area (Å²) in [5, 5.41) is 9.83. The summed E-state index contributed by atoms with van der Waals surface area (Å²) >= 11 is 3.90. The Morgan fingerprint density at radius 3 is 1.68 bits per heavy atom. The molecule has 0 N–H and O–H groups in total. The van der Waals surface area contributed by atoms with Crippen molar-refractivity contribution in [2.75, 3.05) is 0 Å². The van der Waals surface area contributed by atoms with Crippen molar-refractivity contribution in [3.05, 3.63) is 81.3 Å². The van der Waals surface area contributed by atoms with E-state index in [-0.39, 0.29) is 16.2 Å². The first-order chi connectivity index (χ1) is 17.1. The van der Waals surface area contributed by atoms with Crippen LogP contribution in [0.25, 0.3) is 43.1 Å². The third-order valence-corrected chi connectivity index (χ3v) is 8.45. The van der Waals surface area contributed by atoms with Crippen LogP contribution in [0.4, 0.5) is 0 Å². The van der Waals surface area contributed by atoms with E-state index in [1.807, 2.05) is 6.07 Å². The van der Waals surface area contributed by atoms with Crippen LogP contribution in [-0.4, -0.2) is 6.29 Å². The van der Waals surface area contributed by atoms with Crippen LogP contribution in [0.3, 0.4) is 0 Å². The minimum atomic E-state index is -0.0722. The fourth-order valence-electron chi connectivity index (χ4n) is 5.75. The van der Waals surface area contributed by atoms with Gasteiger partial charge >= 0.3 is 0 Å². The summed E-state index contributed by atoms with van der Waals surface area (Å²) in [6.07, 6.45) is 0.991. The highest BCUT2D eigenvalue weighted by Gasteiger charge is 2.25. The highest BCUT2D eigenvalue weighted by molar-refractivity contribution is 9.10. The molecule has 0 unspecified atom stereocenters. The van der Waals surface area contributed by atoms with Gasteiger partial charge in [0, 0.05) is 10.0 Å². The molecule has 0 spiro atoms. The Kier molecular flexibility index (Phi) is 5.88. The molecule has 2 heteroatoms. The van der Waals surface area contributed by atoms with Crippen LogP contribution in [0.2, 0.25) is 0 Å². The van der Waals surface area contributed by atoms with Crippen molar-refractivity contribution in [2.24, 2.45) is 0 Å². The van der Waals surface area contributed by atoms with E-state index in [0.29, 0.717) is 0 Å². The van der Waals surface area contributed by atoms with Crippen molar-refractivity contribution in [3.63, 3.8) is 0 Å². The average molecular weight is 554 g/mol. The van der Waals surface area contributed by atoms with Gasteiger partial charge in [-0.1, -0.05) is 115 Å². The number of fused-ring (bicyclic) bond motifs is 7. The molecule has 5 rings (SSSR count). The quantitative estimate of drug-likeness (QED) is 0.149. The lowest BCUT2D eigenvalue weighted by Gasteiger charge is -2.27. The highest BCUT2D eigenvalue weighted by Crippen LogP contribution is 2.45. The Labute approximate surface area is 229 Å². The Morgan fingerprint density at radius 1 is 0.541 bits per heavy atom. The number of halogens is 1. The summed E-state index contributed by atoms with van der Waals surface area (Å²) in [4.78, 5) is 12.0. The molecule has 0 saturated heterocycles. The van der Waals surface area contributed by atoms with Crippen LogP contribution in [0, 0.1) is 0 Å². The fourth-order valence-corrected chi connectivity index (χ4v) is 6.35. The molecule has 190 valence electrons. The van der Waals surface area contributed by atoms with E-state index in [4.69, 9.17) is 0 Å². The zero-order valence-electron chi connectivity index (χ0n) is 23.6. The third kappa shape index (κ3) is 4.18. The first-order valence-corrected chi connectivity index (χ1v) is 14.0. The maximum atomic E-state index is 12.0. The zero-order valence-corrected chi connectivity index (χ0v) is 25.1. The van der Waals surface area contributed by atoms with Gasteiger partial charge in [-0.25, -0.2) is 0 Å². The van der Waals surface area contributed by atoms with Gasteiger partial charge in [0.15, 0.2) is 6.29 Å². The van der Waals surface area contributed by atoms with Crippen LogP contribution < -0.4 is 0 Å². The molecular weight excluding hydrogens is 516 g/mol. The first-order valence-electron chi connectivity index (χ1n) is 13.2. The summed E-state index contributed by atoms with van der Waals surface area (Å²) in [7, 11) is 0. The van der Waals surface area contributed by atoms with Crippen LogP contribution in [0.1, 0.15) is 89.4 Å². The number of carbonyl (C=O) groups excluding carboxylic acids is 1. The number of rotatable bonds is 1. The second-order valence-electron chi connectivity index (χ2n) is 13.6. The van der Waals surface area contributed by atoms with Gasteiger partial charge in [-0.15, -0.1) is 0 Å². The molecule has 0 amide bonds. The number of hydrogen-bond acceptors (Lipinski definition) is 1. The molecule has 0 atom stereocenters. The molecule has 0 fully saturated rings. The van der Waals surface area contributed by atoms with Gasteiger partial charge in [0.25, 0.3) is 0 Å². The summed E-state index contributed by atoms with van der Waals surface area (Å²) in [6, 6.07) is 20.2. The molecule has 0 aliphatic carbocycles. The minimum absolute atomic E-state index is 0.0423. The van der Waals surface area contributed by atoms with Crippen molar-refractivity contribution in [1.29, 1.82) is 0 Å².